The van der Waals surface area contributed by atoms with E-state index in [1.807, 2.05) is 18.2 Å². The van der Waals surface area contributed by atoms with Gasteiger partial charge in [-0.2, -0.15) is 0 Å². The Bertz CT molecular complexity index is 809. The van der Waals surface area contributed by atoms with Crippen molar-refractivity contribution in [3.8, 4) is 5.75 Å². The summed E-state index contributed by atoms with van der Waals surface area (Å²) in [4.78, 5) is 14.1. The minimum atomic E-state index is -0.427. The molecule has 29 heavy (non-hydrogen) atoms. The molecule has 6 nitrogen and oxygen atoms in total. The van der Waals surface area contributed by atoms with Crippen LogP contribution in [-0.2, 0) is 11.3 Å². The number of hydrogen-bond donors (Lipinski definition) is 0. The summed E-state index contributed by atoms with van der Waals surface area (Å²) in [7, 11) is 0. The number of halogens is 1. The van der Waals surface area contributed by atoms with Gasteiger partial charge in [-0.15, -0.1) is 10.2 Å². The van der Waals surface area contributed by atoms with Crippen LogP contribution in [0.4, 0.5) is 5.82 Å². The number of nitrogens with zero attached hydrogens (tertiary/aromatic N) is 3. The lowest BCUT2D eigenvalue weighted by Crippen LogP contribution is -2.24. The summed E-state index contributed by atoms with van der Waals surface area (Å²) in [6, 6.07) is 9.58. The average molecular weight is 462 g/mol. The Hall–Kier alpha value is -2.15. The third-order valence-corrected chi connectivity index (χ3v) is 5.34. The molecule has 0 atom stereocenters. The summed E-state index contributed by atoms with van der Waals surface area (Å²) in [5, 5.41) is 8.32. The summed E-state index contributed by atoms with van der Waals surface area (Å²) in [5.41, 5.74) is 1.32. The number of unbranched alkanes of at least 4 members (excludes halogenated alkanes) is 1. The Morgan fingerprint density at radius 2 is 2.03 bits per heavy atom. The van der Waals surface area contributed by atoms with Crippen LogP contribution in [0, 0.1) is 5.92 Å². The second-order valence-electron chi connectivity index (χ2n) is 7.29. The molecule has 1 heterocycles. The van der Waals surface area contributed by atoms with E-state index >= 15 is 0 Å². The van der Waals surface area contributed by atoms with Gasteiger partial charge in [0.25, 0.3) is 0 Å². The molecule has 1 saturated carbocycles. The molecule has 0 saturated heterocycles. The number of carbonyl (C=O) groups excluding carboxylic acids is 1. The molecule has 0 radical (unpaired) electrons. The second-order valence-corrected chi connectivity index (χ2v) is 8.20. The minimum absolute atomic E-state index is 0.233. The summed E-state index contributed by atoms with van der Waals surface area (Å²) < 4.78 is 12.3. The highest BCUT2D eigenvalue weighted by Crippen LogP contribution is 2.32. The molecule has 0 bridgehead atoms. The number of esters is 1. The Balaban J connectivity index is 1.68. The third-order valence-electron chi connectivity index (χ3n) is 4.85. The zero-order valence-electron chi connectivity index (χ0n) is 17.1. The third kappa shape index (κ3) is 6.42. The van der Waals surface area contributed by atoms with Crippen LogP contribution < -0.4 is 9.64 Å². The van der Waals surface area contributed by atoms with Crippen LogP contribution in [-0.4, -0.2) is 35.9 Å². The van der Waals surface area contributed by atoms with Crippen molar-refractivity contribution in [1.82, 2.24) is 10.2 Å². The van der Waals surface area contributed by atoms with Gasteiger partial charge >= 0.3 is 5.97 Å². The summed E-state index contributed by atoms with van der Waals surface area (Å²) in [5.74, 6) is 1.89. The summed E-state index contributed by atoms with van der Waals surface area (Å²) in [6.45, 7) is 6.70. The maximum absolute atomic E-state index is 12.0. The van der Waals surface area contributed by atoms with Crippen molar-refractivity contribution in [1.29, 1.82) is 0 Å². The molecule has 0 spiro atoms. The normalized spacial score (nSPS) is 13.2. The van der Waals surface area contributed by atoms with E-state index in [0.717, 1.165) is 41.8 Å². The first-order chi connectivity index (χ1) is 14.1. The minimum Gasteiger partial charge on any atom is -0.493 e. The van der Waals surface area contributed by atoms with Gasteiger partial charge < -0.3 is 14.4 Å². The molecule has 1 aliphatic carbocycles. The maximum Gasteiger partial charge on any atom is 0.358 e. The van der Waals surface area contributed by atoms with Crippen molar-refractivity contribution in [2.45, 2.75) is 46.1 Å². The largest absolute Gasteiger partial charge is 0.493 e. The highest BCUT2D eigenvalue weighted by Gasteiger charge is 2.22. The van der Waals surface area contributed by atoms with E-state index in [1.54, 1.807) is 6.07 Å². The van der Waals surface area contributed by atoms with Crippen LogP contribution in [0.2, 0.25) is 0 Å². The number of aromatic nitrogens is 2. The van der Waals surface area contributed by atoms with Crippen LogP contribution in [0.15, 0.2) is 34.8 Å². The van der Waals surface area contributed by atoms with Crippen LogP contribution in [0.25, 0.3) is 0 Å². The number of hydrogen-bond acceptors (Lipinski definition) is 6. The standard InChI is InChI=1S/C22H28BrN3O3/c1-3-5-12-28-22(27)19-9-11-21(25-24-19)26(4-2)14-17-13-18(23)8-10-20(17)29-15-16-6-7-16/h8-11,13,16H,3-7,12,14-15H2,1-2H3. The number of anilines is 1. The molecule has 0 amide bonds. The fraction of sp³-hybridized carbons (Fsp3) is 0.500. The van der Waals surface area contributed by atoms with Crippen molar-refractivity contribution < 1.29 is 14.3 Å². The Labute approximate surface area is 180 Å². The van der Waals surface area contributed by atoms with Crippen molar-refractivity contribution >= 4 is 27.7 Å². The van der Waals surface area contributed by atoms with Crippen LogP contribution in [0.1, 0.15) is 55.6 Å². The lowest BCUT2D eigenvalue weighted by Gasteiger charge is -2.23. The van der Waals surface area contributed by atoms with E-state index in [9.17, 15) is 4.79 Å². The molecule has 1 aliphatic rings. The zero-order valence-corrected chi connectivity index (χ0v) is 18.7. The fourth-order valence-corrected chi connectivity index (χ4v) is 3.26. The molecular weight excluding hydrogens is 434 g/mol. The molecule has 0 aliphatic heterocycles. The highest BCUT2D eigenvalue weighted by molar-refractivity contribution is 9.10. The van der Waals surface area contributed by atoms with Crippen LogP contribution >= 0.6 is 15.9 Å². The average Bonchev–Trinajstić information content (AvgIpc) is 3.56. The molecule has 1 fully saturated rings. The van der Waals surface area contributed by atoms with Gasteiger partial charge in [-0.1, -0.05) is 29.3 Å². The molecule has 156 valence electrons. The molecular formula is C22H28BrN3O3. The lowest BCUT2D eigenvalue weighted by molar-refractivity contribution is 0.0491. The monoisotopic (exact) mass is 461 g/mol. The molecule has 1 aromatic heterocycles. The van der Waals surface area contributed by atoms with E-state index in [1.165, 1.54) is 12.8 Å². The van der Waals surface area contributed by atoms with E-state index in [0.29, 0.717) is 24.9 Å². The quantitative estimate of drug-likeness (QED) is 0.346. The Kier molecular flexibility index (Phi) is 7.86. The molecule has 0 N–H and O–H groups in total. The first-order valence-electron chi connectivity index (χ1n) is 10.3. The van der Waals surface area contributed by atoms with E-state index in [-0.39, 0.29) is 5.69 Å². The molecule has 0 unspecified atom stereocenters. The van der Waals surface area contributed by atoms with Gasteiger partial charge in [0.05, 0.1) is 13.2 Å². The van der Waals surface area contributed by atoms with E-state index < -0.39 is 5.97 Å². The van der Waals surface area contributed by atoms with Crippen molar-refractivity contribution in [3.63, 3.8) is 0 Å². The van der Waals surface area contributed by atoms with Crippen molar-refractivity contribution in [3.05, 3.63) is 46.1 Å². The summed E-state index contributed by atoms with van der Waals surface area (Å²) >= 11 is 3.55. The van der Waals surface area contributed by atoms with Gasteiger partial charge in [-0.3, -0.25) is 0 Å². The predicted octanol–water partition coefficient (Wildman–Crippen LogP) is 5.01. The Morgan fingerprint density at radius 1 is 1.21 bits per heavy atom. The predicted molar refractivity (Wildman–Crippen MR) is 116 cm³/mol. The zero-order chi connectivity index (χ0) is 20.6. The van der Waals surface area contributed by atoms with Crippen molar-refractivity contribution in [2.75, 3.05) is 24.7 Å². The van der Waals surface area contributed by atoms with Crippen molar-refractivity contribution in [2.24, 2.45) is 5.92 Å². The topological polar surface area (TPSA) is 64.5 Å². The van der Waals surface area contributed by atoms with Crippen LogP contribution in [0.5, 0.6) is 5.75 Å². The number of rotatable bonds is 11. The maximum atomic E-state index is 12.0. The molecule has 3 rings (SSSR count). The Morgan fingerprint density at radius 3 is 2.69 bits per heavy atom. The van der Waals surface area contributed by atoms with Crippen LogP contribution in [0.3, 0.4) is 0 Å². The molecule has 7 heteroatoms. The SMILES string of the molecule is CCCCOC(=O)c1ccc(N(CC)Cc2cc(Br)ccc2OCC2CC2)nn1. The van der Waals surface area contributed by atoms with Gasteiger partial charge in [0.2, 0.25) is 0 Å². The molecule has 2 aromatic rings. The first-order valence-corrected chi connectivity index (χ1v) is 11.1. The van der Waals surface area contributed by atoms with Gasteiger partial charge in [0.1, 0.15) is 5.75 Å². The first kappa shape index (κ1) is 21.6. The second kappa shape index (κ2) is 10.6. The fourth-order valence-electron chi connectivity index (χ4n) is 2.85. The van der Waals surface area contributed by atoms with Gasteiger partial charge in [-0.25, -0.2) is 4.79 Å². The van der Waals surface area contributed by atoms with Gasteiger partial charge in [0, 0.05) is 23.1 Å². The van der Waals surface area contributed by atoms with Gasteiger partial charge in [0.15, 0.2) is 11.5 Å². The number of carbonyl (C=O) groups is 1. The highest BCUT2D eigenvalue weighted by atomic mass is 79.9. The smallest absolute Gasteiger partial charge is 0.358 e. The molecule has 1 aromatic carbocycles. The van der Waals surface area contributed by atoms with E-state index in [4.69, 9.17) is 9.47 Å². The van der Waals surface area contributed by atoms with Gasteiger partial charge in [-0.05, 0) is 62.4 Å². The van der Waals surface area contributed by atoms with E-state index in [2.05, 4.69) is 50.9 Å². The number of benzene rings is 1. The lowest BCUT2D eigenvalue weighted by atomic mass is 10.2. The number of ether oxygens (including phenoxy) is 2. The summed E-state index contributed by atoms with van der Waals surface area (Å²) in [6.07, 6.45) is 4.34.